The molecule has 1 rings (SSSR count). The number of hydrogen-bond acceptors (Lipinski definition) is 3. The quantitative estimate of drug-likeness (QED) is 0.0575. The highest BCUT2D eigenvalue weighted by molar-refractivity contribution is 7.63. The number of unbranched alkanes of at least 4 members (excludes halogenated alkanes) is 20. The number of nitrogens with zero attached hydrogens (tertiary/aromatic N) is 1. The van der Waals surface area contributed by atoms with E-state index in [2.05, 4.69) is 45.9 Å². The van der Waals surface area contributed by atoms with Crippen molar-refractivity contribution in [1.82, 2.24) is 4.98 Å². The molecule has 0 spiro atoms. The van der Waals surface area contributed by atoms with Crippen molar-refractivity contribution < 1.29 is 9.13 Å². The fraction of sp³-hybridized carbons (Fsp3) is 0.872. The summed E-state index contributed by atoms with van der Waals surface area (Å²) in [7, 11) is -4.63. The Labute approximate surface area is 276 Å². The maximum absolute atomic E-state index is 14.4. The van der Waals surface area contributed by atoms with Gasteiger partial charge in [-0.2, -0.15) is 0 Å². The van der Waals surface area contributed by atoms with E-state index in [0.29, 0.717) is 12.3 Å². The van der Waals surface area contributed by atoms with Gasteiger partial charge in [0, 0.05) is 48.4 Å². The zero-order valence-electron chi connectivity index (χ0n) is 30.1. The highest BCUT2D eigenvalue weighted by Crippen LogP contribution is 2.52. The first-order valence-electron chi connectivity index (χ1n) is 19.5. The minimum absolute atomic E-state index is 0.629. The Morgan fingerprint density at radius 3 is 0.932 bits per heavy atom. The molecule has 0 aliphatic carbocycles. The van der Waals surface area contributed by atoms with Crippen molar-refractivity contribution in [3.63, 3.8) is 0 Å². The van der Waals surface area contributed by atoms with Crippen LogP contribution in [0.5, 0.6) is 0 Å². The van der Waals surface area contributed by atoms with E-state index in [4.69, 9.17) is 4.98 Å². The molecule has 0 unspecified atom stereocenters. The first kappa shape index (κ1) is 41.6. The van der Waals surface area contributed by atoms with Gasteiger partial charge >= 0.3 is 0 Å². The topological polar surface area (TPSA) is 47.0 Å². The van der Waals surface area contributed by atoms with Gasteiger partial charge in [-0.3, -0.25) is 4.98 Å². The van der Waals surface area contributed by atoms with Crippen LogP contribution in [0.1, 0.15) is 193 Å². The molecule has 0 bridgehead atoms. The van der Waals surface area contributed by atoms with Gasteiger partial charge in [0.15, 0.2) is 0 Å². The summed E-state index contributed by atoms with van der Waals surface area (Å²) in [5.41, 5.74) is 1.96. The number of pyridine rings is 1. The van der Waals surface area contributed by atoms with E-state index >= 15 is 0 Å². The Kier molecular flexibility index (Phi) is 26.2. The molecule has 1 aromatic rings. The third-order valence-corrected chi connectivity index (χ3v) is 15.8. The molecule has 0 aliphatic rings. The predicted octanol–water partition coefficient (Wildman–Crippen LogP) is 14.2. The van der Waals surface area contributed by atoms with Crippen LogP contribution in [0.15, 0.2) is 18.2 Å². The first-order valence-corrected chi connectivity index (χ1v) is 24.0. The van der Waals surface area contributed by atoms with Gasteiger partial charge in [0.2, 0.25) is 0 Å². The van der Waals surface area contributed by atoms with Gasteiger partial charge in [-0.15, -0.1) is 0 Å². The molecule has 44 heavy (non-hydrogen) atoms. The maximum Gasteiger partial charge on any atom is 0.0934 e. The Hall–Kier alpha value is -0.390. The van der Waals surface area contributed by atoms with E-state index in [0.717, 1.165) is 61.7 Å². The summed E-state index contributed by atoms with van der Waals surface area (Å²) in [4.78, 5) is 5.07. The summed E-state index contributed by atoms with van der Waals surface area (Å²) in [5, 5.41) is 0. The standard InChI is InChI=1S/C39H75NO2P2/c1-5-9-13-17-21-25-32-43(41,33-26-22-18-14-10-6-2)36-38-30-29-31-39(40-38)37-44(42,34-27-23-19-15-11-7-3)35-28-24-20-16-12-8-4/h29-31H,5-28,32-37H2,1-4H3. The molecule has 0 atom stereocenters. The summed E-state index contributed by atoms with van der Waals surface area (Å²) in [6, 6.07) is 6.27. The molecule has 0 fully saturated rings. The lowest BCUT2D eigenvalue weighted by Crippen LogP contribution is -2.05. The van der Waals surface area contributed by atoms with Crippen LogP contribution in [-0.4, -0.2) is 29.6 Å². The average Bonchev–Trinajstić information content (AvgIpc) is 3.00. The van der Waals surface area contributed by atoms with Crippen molar-refractivity contribution in [3.05, 3.63) is 29.6 Å². The highest BCUT2D eigenvalue weighted by Gasteiger charge is 2.25. The van der Waals surface area contributed by atoms with Gasteiger partial charge < -0.3 is 9.13 Å². The lowest BCUT2D eigenvalue weighted by Gasteiger charge is -2.20. The van der Waals surface area contributed by atoms with E-state index in [-0.39, 0.29) is 0 Å². The summed E-state index contributed by atoms with van der Waals surface area (Å²) >= 11 is 0. The zero-order chi connectivity index (χ0) is 32.2. The number of rotatable bonds is 32. The molecule has 0 aromatic carbocycles. The summed E-state index contributed by atoms with van der Waals surface area (Å²) in [5.74, 6) is 0. The molecule has 5 heteroatoms. The molecular formula is C39H75NO2P2. The molecule has 0 saturated carbocycles. The van der Waals surface area contributed by atoms with E-state index in [9.17, 15) is 9.13 Å². The lowest BCUT2D eigenvalue weighted by molar-refractivity contribution is 0.560. The van der Waals surface area contributed by atoms with Gasteiger partial charge in [-0.05, 0) is 37.8 Å². The van der Waals surface area contributed by atoms with Crippen LogP contribution in [-0.2, 0) is 21.5 Å². The summed E-state index contributed by atoms with van der Waals surface area (Å²) < 4.78 is 28.7. The molecular weight excluding hydrogens is 576 g/mol. The Morgan fingerprint density at radius 2 is 0.659 bits per heavy atom. The van der Waals surface area contributed by atoms with E-state index in [1.165, 1.54) is 128 Å². The van der Waals surface area contributed by atoms with Crippen molar-refractivity contribution in [2.45, 2.75) is 194 Å². The monoisotopic (exact) mass is 652 g/mol. The van der Waals surface area contributed by atoms with E-state index in [1.54, 1.807) is 0 Å². The molecule has 1 aromatic heterocycles. The fourth-order valence-electron chi connectivity index (χ4n) is 6.56. The van der Waals surface area contributed by atoms with Crippen LogP contribution >= 0.6 is 14.3 Å². The molecule has 0 saturated heterocycles. The average molecular weight is 652 g/mol. The van der Waals surface area contributed by atoms with Gasteiger partial charge in [0.1, 0.15) is 0 Å². The van der Waals surface area contributed by atoms with Crippen molar-refractivity contribution in [3.8, 4) is 0 Å². The molecule has 3 nitrogen and oxygen atoms in total. The SMILES string of the molecule is CCCCCCCCP(=O)(CCCCCCCC)Cc1cccc(CP(=O)(CCCCCCCC)CCCCCCCC)n1. The first-order chi connectivity index (χ1) is 21.4. The predicted molar refractivity (Wildman–Crippen MR) is 200 cm³/mol. The maximum atomic E-state index is 14.4. The third kappa shape index (κ3) is 22.2. The van der Waals surface area contributed by atoms with Crippen molar-refractivity contribution in [2.24, 2.45) is 0 Å². The normalized spacial score (nSPS) is 12.3. The van der Waals surface area contributed by atoms with Gasteiger partial charge in [0.05, 0.1) is 14.3 Å². The van der Waals surface area contributed by atoms with Crippen LogP contribution in [0.25, 0.3) is 0 Å². The number of hydrogen-bond donors (Lipinski definition) is 0. The summed E-state index contributed by atoms with van der Waals surface area (Å²) in [6.45, 7) is 9.05. The molecule has 1 heterocycles. The largest absolute Gasteiger partial charge is 0.323 e. The molecule has 258 valence electrons. The van der Waals surface area contributed by atoms with Crippen LogP contribution in [0.2, 0.25) is 0 Å². The van der Waals surface area contributed by atoms with Crippen LogP contribution < -0.4 is 0 Å². The van der Waals surface area contributed by atoms with Crippen LogP contribution in [0, 0.1) is 0 Å². The van der Waals surface area contributed by atoms with Gasteiger partial charge in [0.25, 0.3) is 0 Å². The third-order valence-electron chi connectivity index (χ3n) is 9.44. The van der Waals surface area contributed by atoms with Crippen molar-refractivity contribution in [1.29, 1.82) is 0 Å². The molecule has 0 radical (unpaired) electrons. The van der Waals surface area contributed by atoms with E-state index in [1.807, 2.05) is 0 Å². The molecule has 0 N–H and O–H groups in total. The van der Waals surface area contributed by atoms with Gasteiger partial charge in [-0.1, -0.05) is 162 Å². The summed E-state index contributed by atoms with van der Waals surface area (Å²) in [6.07, 6.45) is 34.5. The Morgan fingerprint density at radius 1 is 0.409 bits per heavy atom. The van der Waals surface area contributed by atoms with Crippen molar-refractivity contribution >= 4 is 14.3 Å². The Balaban J connectivity index is 2.87. The fourth-order valence-corrected chi connectivity index (χ4v) is 12.4. The number of aromatic nitrogens is 1. The smallest absolute Gasteiger partial charge is 0.0934 e. The van der Waals surface area contributed by atoms with Crippen molar-refractivity contribution in [2.75, 3.05) is 24.6 Å². The second-order valence-electron chi connectivity index (χ2n) is 14.0. The van der Waals surface area contributed by atoms with Gasteiger partial charge in [-0.25, -0.2) is 0 Å². The highest BCUT2D eigenvalue weighted by atomic mass is 31.2. The Bertz CT molecular complexity index is 779. The van der Waals surface area contributed by atoms with Crippen LogP contribution in [0.4, 0.5) is 0 Å². The van der Waals surface area contributed by atoms with Crippen LogP contribution in [0.3, 0.4) is 0 Å². The lowest BCUT2D eigenvalue weighted by atomic mass is 10.1. The minimum Gasteiger partial charge on any atom is -0.323 e. The van der Waals surface area contributed by atoms with E-state index < -0.39 is 14.3 Å². The molecule has 0 aliphatic heterocycles. The molecule has 0 amide bonds. The second kappa shape index (κ2) is 27.7. The zero-order valence-corrected chi connectivity index (χ0v) is 31.9. The minimum atomic E-state index is -2.32. The second-order valence-corrected chi connectivity index (χ2v) is 20.7.